The number of piperazine rings is 1. The molecular weight excluding hydrogens is 288 g/mol. The molecule has 1 aliphatic heterocycles. The molecule has 0 saturated carbocycles. The fourth-order valence-corrected chi connectivity index (χ4v) is 3.10. The lowest BCUT2D eigenvalue weighted by atomic mass is 10.1. The van der Waals surface area contributed by atoms with Gasteiger partial charge in [-0.15, -0.1) is 11.6 Å². The van der Waals surface area contributed by atoms with E-state index in [0.29, 0.717) is 0 Å². The molecule has 1 fully saturated rings. The van der Waals surface area contributed by atoms with Gasteiger partial charge in [0.25, 0.3) is 0 Å². The van der Waals surface area contributed by atoms with Crippen LogP contribution in [0.2, 0.25) is 0 Å². The van der Waals surface area contributed by atoms with Gasteiger partial charge >= 0.3 is 0 Å². The van der Waals surface area contributed by atoms with Crippen LogP contribution in [0, 0.1) is 6.92 Å². The predicted octanol–water partition coefficient (Wildman–Crippen LogP) is 1.89. The van der Waals surface area contributed by atoms with E-state index in [1.807, 2.05) is 19.1 Å². The zero-order valence-electron chi connectivity index (χ0n) is 12.9. The number of aliphatic hydroxyl groups is 1. The van der Waals surface area contributed by atoms with Crippen LogP contribution in [0.5, 0.6) is 5.75 Å². The summed E-state index contributed by atoms with van der Waals surface area (Å²) in [6.45, 7) is 7.95. The summed E-state index contributed by atoms with van der Waals surface area (Å²) >= 11 is 6.57. The molecule has 0 bridgehead atoms. The maximum atomic E-state index is 8.96. The Morgan fingerprint density at radius 2 is 1.90 bits per heavy atom. The Hall–Kier alpha value is -0.810. The highest BCUT2D eigenvalue weighted by Gasteiger charge is 2.20. The van der Waals surface area contributed by atoms with Gasteiger partial charge in [0.05, 0.1) is 19.1 Å². The van der Waals surface area contributed by atoms with Gasteiger partial charge in [-0.1, -0.05) is 12.1 Å². The van der Waals surface area contributed by atoms with Crippen LogP contribution in [0.4, 0.5) is 0 Å². The molecule has 21 heavy (non-hydrogen) atoms. The van der Waals surface area contributed by atoms with Crippen LogP contribution in [0.3, 0.4) is 0 Å². The summed E-state index contributed by atoms with van der Waals surface area (Å²) in [5.74, 6) is 0.903. The molecule has 2 rings (SSSR count). The van der Waals surface area contributed by atoms with E-state index in [-0.39, 0.29) is 12.0 Å². The third-order valence-electron chi connectivity index (χ3n) is 4.08. The maximum absolute atomic E-state index is 8.96. The molecule has 4 nitrogen and oxygen atoms in total. The van der Waals surface area contributed by atoms with Crippen molar-refractivity contribution in [1.82, 2.24) is 9.80 Å². The van der Waals surface area contributed by atoms with E-state index in [9.17, 15) is 0 Å². The molecule has 118 valence electrons. The quantitative estimate of drug-likeness (QED) is 0.814. The van der Waals surface area contributed by atoms with Crippen molar-refractivity contribution in [3.8, 4) is 5.75 Å². The molecule has 5 heteroatoms. The van der Waals surface area contributed by atoms with Crippen LogP contribution >= 0.6 is 11.6 Å². The lowest BCUT2D eigenvalue weighted by Crippen LogP contribution is -2.47. The Morgan fingerprint density at radius 3 is 2.48 bits per heavy atom. The highest BCUT2D eigenvalue weighted by atomic mass is 35.5. The minimum atomic E-state index is -0.000928. The van der Waals surface area contributed by atoms with Crippen LogP contribution in [-0.2, 0) is 0 Å². The van der Waals surface area contributed by atoms with Gasteiger partial charge in [-0.25, -0.2) is 0 Å². The Bertz CT molecular complexity index is 448. The van der Waals surface area contributed by atoms with Gasteiger partial charge in [0.1, 0.15) is 5.75 Å². The summed E-state index contributed by atoms with van der Waals surface area (Å²) in [7, 11) is 1.69. The van der Waals surface area contributed by atoms with Crippen molar-refractivity contribution in [2.45, 2.75) is 12.3 Å². The molecule has 1 heterocycles. The van der Waals surface area contributed by atoms with Crippen LogP contribution in [0.15, 0.2) is 18.2 Å². The Balaban J connectivity index is 1.87. The molecule has 1 atom stereocenters. The molecule has 1 unspecified atom stereocenters. The zero-order chi connectivity index (χ0) is 15.2. The first-order valence-corrected chi connectivity index (χ1v) is 7.92. The number of methoxy groups -OCH3 is 1. The third-order valence-corrected chi connectivity index (χ3v) is 4.47. The van der Waals surface area contributed by atoms with Crippen molar-refractivity contribution in [2.75, 3.05) is 53.0 Å². The van der Waals surface area contributed by atoms with Crippen molar-refractivity contribution in [3.63, 3.8) is 0 Å². The van der Waals surface area contributed by atoms with Gasteiger partial charge < -0.3 is 9.84 Å². The number of rotatable bonds is 6. The van der Waals surface area contributed by atoms with Crippen LogP contribution in [-0.4, -0.2) is 67.9 Å². The number of alkyl halides is 1. The van der Waals surface area contributed by atoms with Crippen LogP contribution < -0.4 is 4.74 Å². The zero-order valence-corrected chi connectivity index (χ0v) is 13.6. The molecule has 0 aliphatic carbocycles. The number of hydrogen-bond donors (Lipinski definition) is 1. The average molecular weight is 313 g/mol. The molecule has 1 aliphatic rings. The number of hydrogen-bond acceptors (Lipinski definition) is 4. The number of aryl methyl sites for hydroxylation is 1. The summed E-state index contributed by atoms with van der Waals surface area (Å²) in [5.41, 5.74) is 2.26. The molecule has 1 aromatic carbocycles. The predicted molar refractivity (Wildman–Crippen MR) is 86.3 cm³/mol. The maximum Gasteiger partial charge on any atom is 0.121 e. The van der Waals surface area contributed by atoms with E-state index in [1.54, 1.807) is 7.11 Å². The minimum absolute atomic E-state index is 0.000928. The van der Waals surface area contributed by atoms with Crippen molar-refractivity contribution in [3.05, 3.63) is 29.3 Å². The van der Waals surface area contributed by atoms with E-state index < -0.39 is 0 Å². The number of β-amino-alcohol motifs (C(OH)–C–C–N with tert-alkyl or cyclic N) is 1. The topological polar surface area (TPSA) is 35.9 Å². The molecule has 0 radical (unpaired) electrons. The third kappa shape index (κ3) is 4.58. The smallest absolute Gasteiger partial charge is 0.121 e. The molecule has 1 N–H and O–H groups in total. The van der Waals surface area contributed by atoms with E-state index >= 15 is 0 Å². The first-order chi connectivity index (χ1) is 10.1. The summed E-state index contributed by atoms with van der Waals surface area (Å²) in [6, 6.07) is 6.14. The number of nitrogens with zero attached hydrogens (tertiary/aromatic N) is 2. The first-order valence-electron chi connectivity index (χ1n) is 7.48. The van der Waals surface area contributed by atoms with E-state index in [1.165, 1.54) is 0 Å². The second kappa shape index (κ2) is 7.99. The summed E-state index contributed by atoms with van der Waals surface area (Å²) in [6.07, 6.45) is 0. The Morgan fingerprint density at radius 1 is 1.24 bits per heavy atom. The van der Waals surface area contributed by atoms with Crippen molar-refractivity contribution in [1.29, 1.82) is 0 Å². The second-order valence-electron chi connectivity index (χ2n) is 5.56. The molecular formula is C16H25ClN2O2. The highest BCUT2D eigenvalue weighted by molar-refractivity contribution is 6.21. The molecule has 0 spiro atoms. The van der Waals surface area contributed by atoms with Crippen molar-refractivity contribution in [2.24, 2.45) is 0 Å². The monoisotopic (exact) mass is 312 g/mol. The summed E-state index contributed by atoms with van der Waals surface area (Å²) in [4.78, 5) is 4.68. The van der Waals surface area contributed by atoms with Gasteiger partial charge in [0.15, 0.2) is 0 Å². The Labute approximate surface area is 132 Å². The van der Waals surface area contributed by atoms with Crippen molar-refractivity contribution < 1.29 is 9.84 Å². The summed E-state index contributed by atoms with van der Waals surface area (Å²) < 4.78 is 5.29. The number of halogens is 1. The van der Waals surface area contributed by atoms with Gasteiger partial charge in [0, 0.05) is 39.3 Å². The molecule has 0 aromatic heterocycles. The van der Waals surface area contributed by atoms with Crippen molar-refractivity contribution >= 4 is 11.6 Å². The van der Waals surface area contributed by atoms with E-state index in [2.05, 4.69) is 15.9 Å². The van der Waals surface area contributed by atoms with E-state index in [0.717, 1.165) is 56.1 Å². The lowest BCUT2D eigenvalue weighted by molar-refractivity contribution is 0.112. The first kappa shape index (κ1) is 16.6. The van der Waals surface area contributed by atoms with Crippen LogP contribution in [0.25, 0.3) is 0 Å². The van der Waals surface area contributed by atoms with E-state index in [4.69, 9.17) is 21.4 Å². The summed E-state index contributed by atoms with van der Waals surface area (Å²) in [5, 5.41) is 8.96. The Kier molecular flexibility index (Phi) is 6.30. The standard InChI is InChI=1S/C16H25ClN2O2/c1-13-11-14(3-4-16(13)21-2)15(17)12-19-7-5-18(6-8-19)9-10-20/h3-4,11,15,20H,5-10,12H2,1-2H3. The lowest BCUT2D eigenvalue weighted by Gasteiger charge is -2.35. The van der Waals surface area contributed by atoms with Gasteiger partial charge in [0.2, 0.25) is 0 Å². The number of ether oxygens (including phenoxy) is 1. The van der Waals surface area contributed by atoms with Gasteiger partial charge in [-0.05, 0) is 24.1 Å². The van der Waals surface area contributed by atoms with Gasteiger partial charge in [-0.2, -0.15) is 0 Å². The minimum Gasteiger partial charge on any atom is -0.496 e. The SMILES string of the molecule is COc1ccc(C(Cl)CN2CCN(CCO)CC2)cc1C. The van der Waals surface area contributed by atoms with Crippen LogP contribution in [0.1, 0.15) is 16.5 Å². The normalized spacial score (nSPS) is 18.7. The fraction of sp³-hybridized carbons (Fsp3) is 0.625. The molecule has 1 saturated heterocycles. The van der Waals surface area contributed by atoms with Gasteiger partial charge in [-0.3, -0.25) is 9.80 Å². The largest absolute Gasteiger partial charge is 0.496 e. The number of benzene rings is 1. The molecule has 1 aromatic rings. The number of aliphatic hydroxyl groups excluding tert-OH is 1. The average Bonchev–Trinajstić information content (AvgIpc) is 2.49. The highest BCUT2D eigenvalue weighted by Crippen LogP contribution is 2.27. The second-order valence-corrected chi connectivity index (χ2v) is 6.09. The fourth-order valence-electron chi connectivity index (χ4n) is 2.77. The molecule has 0 amide bonds.